The third-order valence-corrected chi connectivity index (χ3v) is 3.61. The summed E-state index contributed by atoms with van der Waals surface area (Å²) in [6.07, 6.45) is 14.3. The zero-order chi connectivity index (χ0) is 16.7. The van der Waals surface area contributed by atoms with Gasteiger partial charge in [-0.25, -0.2) is 0 Å². The maximum atomic E-state index is 8.74. The van der Waals surface area contributed by atoms with Crippen LogP contribution in [-0.2, 0) is 10.4 Å². The summed E-state index contributed by atoms with van der Waals surface area (Å²) in [6.45, 7) is 4.61. The molecule has 6 heteroatoms. The molecular formula is C15H35NO4S. The molecule has 1 unspecified atom stereocenters. The molecule has 1 atom stereocenters. The molecular weight excluding hydrogens is 290 g/mol. The lowest BCUT2D eigenvalue weighted by Crippen LogP contribution is -2.24. The first-order chi connectivity index (χ1) is 9.68. The molecule has 0 aromatic rings. The Labute approximate surface area is 131 Å². The van der Waals surface area contributed by atoms with Gasteiger partial charge in [0.2, 0.25) is 0 Å². The fraction of sp³-hybridized carbons (Fsp3) is 1.00. The maximum Gasteiger partial charge on any atom is 0.394 e. The summed E-state index contributed by atoms with van der Waals surface area (Å²) >= 11 is 0. The van der Waals surface area contributed by atoms with Gasteiger partial charge in [0.1, 0.15) is 0 Å². The van der Waals surface area contributed by atoms with Gasteiger partial charge in [0.25, 0.3) is 0 Å². The van der Waals surface area contributed by atoms with Crippen LogP contribution in [0.3, 0.4) is 0 Å². The first-order valence-electron chi connectivity index (χ1n) is 8.04. The minimum Gasteiger partial charge on any atom is -0.307 e. The molecule has 0 aromatic heterocycles. The quantitative estimate of drug-likeness (QED) is 0.439. The van der Waals surface area contributed by atoms with Crippen LogP contribution in [0.15, 0.2) is 0 Å². The molecule has 0 aliphatic carbocycles. The smallest absolute Gasteiger partial charge is 0.307 e. The van der Waals surface area contributed by atoms with Gasteiger partial charge in [-0.15, -0.1) is 0 Å². The molecule has 0 heterocycles. The highest BCUT2D eigenvalue weighted by Gasteiger charge is 2.02. The summed E-state index contributed by atoms with van der Waals surface area (Å²) in [4.78, 5) is 2.32. The normalized spacial score (nSPS) is 12.9. The standard InChI is InChI=1S/C15H33N.H2O4S/c1-5-6-7-8-9-10-11-12-13-14-15(2)16(3)4;1-5(2,3)4/h15H,5-14H2,1-4H3;(H2,1,2,3,4). The minimum absolute atomic E-state index is 0.754. The number of hydrogen-bond acceptors (Lipinski definition) is 3. The molecule has 0 fully saturated rings. The largest absolute Gasteiger partial charge is 0.394 e. The topological polar surface area (TPSA) is 77.8 Å². The molecule has 2 N–H and O–H groups in total. The van der Waals surface area contributed by atoms with Gasteiger partial charge >= 0.3 is 10.4 Å². The minimum atomic E-state index is -4.67. The lowest BCUT2D eigenvalue weighted by Gasteiger charge is -2.19. The summed E-state index contributed by atoms with van der Waals surface area (Å²) in [7, 11) is -0.309. The predicted octanol–water partition coefficient (Wildman–Crippen LogP) is 4.20. The molecule has 130 valence electrons. The summed E-state index contributed by atoms with van der Waals surface area (Å²) in [5, 5.41) is 0. The first-order valence-corrected chi connectivity index (χ1v) is 9.44. The van der Waals surface area contributed by atoms with E-state index in [2.05, 4.69) is 32.8 Å². The van der Waals surface area contributed by atoms with Crippen molar-refractivity contribution in [3.8, 4) is 0 Å². The molecule has 0 aromatic carbocycles. The Bertz CT molecular complexity index is 297. The molecule has 0 aliphatic rings. The summed E-state index contributed by atoms with van der Waals surface area (Å²) in [5.74, 6) is 0. The predicted molar refractivity (Wildman–Crippen MR) is 89.2 cm³/mol. The Balaban J connectivity index is 0. The average Bonchev–Trinajstić information content (AvgIpc) is 2.34. The molecule has 0 saturated carbocycles. The molecule has 5 nitrogen and oxygen atoms in total. The number of hydrogen-bond donors (Lipinski definition) is 2. The van der Waals surface area contributed by atoms with Crippen LogP contribution < -0.4 is 0 Å². The van der Waals surface area contributed by atoms with Crippen LogP contribution in [0.25, 0.3) is 0 Å². The fourth-order valence-electron chi connectivity index (χ4n) is 2.01. The highest BCUT2D eigenvalue weighted by molar-refractivity contribution is 7.79. The van der Waals surface area contributed by atoms with Crippen molar-refractivity contribution in [2.24, 2.45) is 0 Å². The van der Waals surface area contributed by atoms with Gasteiger partial charge < -0.3 is 4.90 Å². The number of nitrogens with zero attached hydrogens (tertiary/aromatic N) is 1. The molecule has 21 heavy (non-hydrogen) atoms. The Morgan fingerprint density at radius 1 is 0.857 bits per heavy atom. The van der Waals surface area contributed by atoms with E-state index in [1.807, 2.05) is 0 Å². The van der Waals surface area contributed by atoms with E-state index in [9.17, 15) is 0 Å². The molecule has 0 saturated heterocycles. The van der Waals surface area contributed by atoms with Crippen LogP contribution in [-0.4, -0.2) is 42.6 Å². The zero-order valence-corrected chi connectivity index (χ0v) is 15.0. The highest BCUT2D eigenvalue weighted by Crippen LogP contribution is 2.12. The van der Waals surface area contributed by atoms with Crippen molar-refractivity contribution in [1.29, 1.82) is 0 Å². The fourth-order valence-corrected chi connectivity index (χ4v) is 2.01. The zero-order valence-electron chi connectivity index (χ0n) is 14.2. The van der Waals surface area contributed by atoms with Gasteiger partial charge in [0, 0.05) is 6.04 Å². The Hall–Kier alpha value is -0.170. The van der Waals surface area contributed by atoms with Gasteiger partial charge in [0.05, 0.1) is 0 Å². The van der Waals surface area contributed by atoms with Crippen LogP contribution in [0.5, 0.6) is 0 Å². The number of unbranched alkanes of at least 4 members (excludes halogenated alkanes) is 8. The average molecular weight is 326 g/mol. The van der Waals surface area contributed by atoms with E-state index in [1.54, 1.807) is 0 Å². The van der Waals surface area contributed by atoms with Crippen LogP contribution >= 0.6 is 0 Å². The van der Waals surface area contributed by atoms with Crippen molar-refractivity contribution >= 4 is 10.4 Å². The first kappa shape index (κ1) is 23.1. The van der Waals surface area contributed by atoms with Gasteiger partial charge in [-0.05, 0) is 27.4 Å². The monoisotopic (exact) mass is 325 g/mol. The summed E-state index contributed by atoms with van der Waals surface area (Å²) in [5.41, 5.74) is 0. The van der Waals surface area contributed by atoms with Crippen LogP contribution in [0.4, 0.5) is 0 Å². The van der Waals surface area contributed by atoms with Crippen molar-refractivity contribution in [3.05, 3.63) is 0 Å². The van der Waals surface area contributed by atoms with Crippen molar-refractivity contribution in [3.63, 3.8) is 0 Å². The van der Waals surface area contributed by atoms with E-state index in [0.717, 1.165) is 6.04 Å². The molecule has 0 rings (SSSR count). The van der Waals surface area contributed by atoms with E-state index >= 15 is 0 Å². The van der Waals surface area contributed by atoms with Gasteiger partial charge in [-0.3, -0.25) is 9.11 Å². The van der Waals surface area contributed by atoms with Crippen LogP contribution in [0.1, 0.15) is 78.1 Å². The van der Waals surface area contributed by atoms with Crippen LogP contribution in [0.2, 0.25) is 0 Å². The van der Waals surface area contributed by atoms with E-state index in [1.165, 1.54) is 64.2 Å². The van der Waals surface area contributed by atoms with Gasteiger partial charge in [-0.2, -0.15) is 8.42 Å². The van der Waals surface area contributed by atoms with Crippen molar-refractivity contribution < 1.29 is 17.5 Å². The second kappa shape index (κ2) is 14.8. The second-order valence-corrected chi connectivity index (χ2v) is 6.77. The van der Waals surface area contributed by atoms with Gasteiger partial charge in [-0.1, -0.05) is 64.7 Å². The van der Waals surface area contributed by atoms with E-state index in [-0.39, 0.29) is 0 Å². The van der Waals surface area contributed by atoms with E-state index in [4.69, 9.17) is 17.5 Å². The highest BCUT2D eigenvalue weighted by atomic mass is 32.3. The lowest BCUT2D eigenvalue weighted by molar-refractivity contribution is 0.291. The van der Waals surface area contributed by atoms with E-state index in [0.29, 0.717) is 0 Å². The van der Waals surface area contributed by atoms with Crippen molar-refractivity contribution in [1.82, 2.24) is 4.90 Å². The second-order valence-electron chi connectivity index (χ2n) is 5.88. The van der Waals surface area contributed by atoms with E-state index < -0.39 is 10.4 Å². The maximum absolute atomic E-state index is 8.74. The Morgan fingerprint density at radius 2 is 1.19 bits per heavy atom. The molecule has 0 aliphatic heterocycles. The third kappa shape index (κ3) is 28.7. The van der Waals surface area contributed by atoms with Crippen molar-refractivity contribution in [2.45, 2.75) is 84.1 Å². The van der Waals surface area contributed by atoms with Gasteiger partial charge in [0.15, 0.2) is 0 Å². The Kier molecular flexibility index (Phi) is 16.2. The van der Waals surface area contributed by atoms with Crippen molar-refractivity contribution in [2.75, 3.05) is 14.1 Å². The SMILES string of the molecule is CCCCCCCCCCCC(C)N(C)C.O=S(=O)(O)O. The molecule has 0 spiro atoms. The van der Waals surface area contributed by atoms with Crippen LogP contribution in [0, 0.1) is 0 Å². The molecule has 0 bridgehead atoms. The Morgan fingerprint density at radius 3 is 1.52 bits per heavy atom. The summed E-state index contributed by atoms with van der Waals surface area (Å²) in [6, 6.07) is 0.754. The third-order valence-electron chi connectivity index (χ3n) is 3.61. The summed E-state index contributed by atoms with van der Waals surface area (Å²) < 4.78 is 31.6. The molecule has 0 amide bonds. The molecule has 0 radical (unpaired) electrons. The lowest BCUT2D eigenvalue weighted by atomic mass is 10.0. The number of rotatable bonds is 11.